The number of hydrogen-bond acceptors (Lipinski definition) is 2. The summed E-state index contributed by atoms with van der Waals surface area (Å²) in [4.78, 5) is 26.8. The van der Waals surface area contributed by atoms with Gasteiger partial charge in [0.1, 0.15) is 0 Å². The molecule has 1 N–H and O–H groups in total. The maximum atomic E-state index is 12.6. The second kappa shape index (κ2) is 9.84. The van der Waals surface area contributed by atoms with Crippen LogP contribution in [0.2, 0.25) is 10.0 Å². The van der Waals surface area contributed by atoms with Gasteiger partial charge < -0.3 is 10.2 Å². The van der Waals surface area contributed by atoms with Crippen molar-refractivity contribution in [1.29, 1.82) is 0 Å². The first-order valence-electron chi connectivity index (χ1n) is 10.4. The normalized spacial score (nSPS) is 18.9. The van der Waals surface area contributed by atoms with Crippen molar-refractivity contribution in [2.45, 2.75) is 51.5 Å². The molecule has 0 spiro atoms. The SMILES string of the molecule is CC(C)N(C)C(=O)[C@H]1CC[C@@H](c2ccc(NC(=O)c3ccc(Cl)c(Cl)c3)cc2)CC1. The van der Waals surface area contributed by atoms with Crippen LogP contribution in [0.25, 0.3) is 0 Å². The predicted octanol–water partition coefficient (Wildman–Crippen LogP) is 6.39. The average Bonchev–Trinajstić information content (AvgIpc) is 2.75. The number of hydrogen-bond donors (Lipinski definition) is 1. The molecule has 1 aliphatic carbocycles. The lowest BCUT2D eigenvalue weighted by Gasteiger charge is -2.32. The molecule has 3 rings (SSSR count). The molecule has 0 aliphatic heterocycles. The highest BCUT2D eigenvalue weighted by Crippen LogP contribution is 2.37. The lowest BCUT2D eigenvalue weighted by atomic mass is 9.78. The van der Waals surface area contributed by atoms with E-state index in [1.54, 1.807) is 18.2 Å². The van der Waals surface area contributed by atoms with Gasteiger partial charge in [-0.05, 0) is 81.3 Å². The zero-order chi connectivity index (χ0) is 21.8. The van der Waals surface area contributed by atoms with E-state index >= 15 is 0 Å². The Morgan fingerprint density at radius 2 is 1.60 bits per heavy atom. The number of anilines is 1. The number of rotatable bonds is 5. The van der Waals surface area contributed by atoms with Crippen LogP contribution < -0.4 is 5.32 Å². The molecular formula is C24H28Cl2N2O2. The van der Waals surface area contributed by atoms with Crippen molar-refractivity contribution in [3.05, 3.63) is 63.6 Å². The van der Waals surface area contributed by atoms with Gasteiger partial charge in [0.2, 0.25) is 5.91 Å². The number of benzene rings is 2. The molecular weight excluding hydrogens is 419 g/mol. The van der Waals surface area contributed by atoms with E-state index in [-0.39, 0.29) is 23.8 Å². The Kier molecular flexibility index (Phi) is 7.43. The molecule has 0 aromatic heterocycles. The van der Waals surface area contributed by atoms with E-state index in [1.807, 2.05) is 37.9 Å². The van der Waals surface area contributed by atoms with E-state index in [9.17, 15) is 9.59 Å². The molecule has 2 amide bonds. The summed E-state index contributed by atoms with van der Waals surface area (Å²) in [6.07, 6.45) is 3.88. The Morgan fingerprint density at radius 1 is 0.967 bits per heavy atom. The van der Waals surface area contributed by atoms with Gasteiger partial charge in [-0.15, -0.1) is 0 Å². The van der Waals surface area contributed by atoms with Gasteiger partial charge in [0.15, 0.2) is 0 Å². The van der Waals surface area contributed by atoms with Crippen molar-refractivity contribution in [2.24, 2.45) is 5.92 Å². The number of nitrogens with one attached hydrogen (secondary N) is 1. The number of amides is 2. The summed E-state index contributed by atoms with van der Waals surface area (Å²) in [6, 6.07) is 13.0. The number of carbonyl (C=O) groups excluding carboxylic acids is 2. The van der Waals surface area contributed by atoms with Crippen LogP contribution >= 0.6 is 23.2 Å². The van der Waals surface area contributed by atoms with Crippen LogP contribution in [-0.2, 0) is 4.79 Å². The summed E-state index contributed by atoms with van der Waals surface area (Å²) in [7, 11) is 1.89. The number of carbonyl (C=O) groups is 2. The van der Waals surface area contributed by atoms with Gasteiger partial charge in [-0.25, -0.2) is 0 Å². The molecule has 1 fully saturated rings. The molecule has 1 saturated carbocycles. The predicted molar refractivity (Wildman–Crippen MR) is 123 cm³/mol. The molecule has 6 heteroatoms. The number of halogens is 2. The Bertz CT molecular complexity index is 904. The average molecular weight is 447 g/mol. The van der Waals surface area contributed by atoms with Gasteiger partial charge in [0.05, 0.1) is 10.0 Å². The Morgan fingerprint density at radius 3 is 2.17 bits per heavy atom. The molecule has 0 bridgehead atoms. The summed E-state index contributed by atoms with van der Waals surface area (Å²) in [5, 5.41) is 3.67. The van der Waals surface area contributed by atoms with Crippen molar-refractivity contribution in [3.8, 4) is 0 Å². The van der Waals surface area contributed by atoms with Gasteiger partial charge in [0.25, 0.3) is 5.91 Å². The minimum absolute atomic E-state index is 0.137. The molecule has 0 saturated heterocycles. The van der Waals surface area contributed by atoms with Crippen LogP contribution in [0.15, 0.2) is 42.5 Å². The van der Waals surface area contributed by atoms with Gasteiger partial charge in [-0.2, -0.15) is 0 Å². The Balaban J connectivity index is 1.56. The molecule has 160 valence electrons. The molecule has 0 radical (unpaired) electrons. The Hall–Kier alpha value is -2.04. The highest BCUT2D eigenvalue weighted by Gasteiger charge is 2.29. The van der Waals surface area contributed by atoms with E-state index in [1.165, 1.54) is 5.56 Å². The summed E-state index contributed by atoms with van der Waals surface area (Å²) in [6.45, 7) is 4.09. The minimum Gasteiger partial charge on any atom is -0.343 e. The Labute approximate surface area is 188 Å². The third-order valence-electron chi connectivity index (χ3n) is 6.02. The molecule has 30 heavy (non-hydrogen) atoms. The highest BCUT2D eigenvalue weighted by atomic mass is 35.5. The van der Waals surface area contributed by atoms with Gasteiger partial charge in [0, 0.05) is 30.3 Å². The first-order chi connectivity index (χ1) is 14.3. The van der Waals surface area contributed by atoms with E-state index in [2.05, 4.69) is 17.4 Å². The molecule has 2 aromatic carbocycles. The monoisotopic (exact) mass is 446 g/mol. The van der Waals surface area contributed by atoms with Crippen molar-refractivity contribution in [1.82, 2.24) is 4.90 Å². The molecule has 0 atom stereocenters. The largest absolute Gasteiger partial charge is 0.343 e. The van der Waals surface area contributed by atoms with Crippen LogP contribution in [0.1, 0.15) is 61.4 Å². The van der Waals surface area contributed by atoms with Crippen LogP contribution in [-0.4, -0.2) is 29.8 Å². The highest BCUT2D eigenvalue weighted by molar-refractivity contribution is 6.42. The molecule has 4 nitrogen and oxygen atoms in total. The number of nitrogens with zero attached hydrogens (tertiary/aromatic N) is 1. The summed E-state index contributed by atoms with van der Waals surface area (Å²) < 4.78 is 0. The smallest absolute Gasteiger partial charge is 0.255 e. The topological polar surface area (TPSA) is 49.4 Å². The van der Waals surface area contributed by atoms with Gasteiger partial charge in [-0.1, -0.05) is 35.3 Å². The second-order valence-electron chi connectivity index (χ2n) is 8.30. The van der Waals surface area contributed by atoms with Crippen molar-refractivity contribution >= 4 is 40.7 Å². The van der Waals surface area contributed by atoms with Crippen molar-refractivity contribution < 1.29 is 9.59 Å². The minimum atomic E-state index is -0.227. The third kappa shape index (κ3) is 5.35. The fraction of sp³-hybridized carbons (Fsp3) is 0.417. The van der Waals surface area contributed by atoms with Crippen molar-refractivity contribution in [2.75, 3.05) is 12.4 Å². The fourth-order valence-corrected chi connectivity index (χ4v) is 4.19. The first kappa shape index (κ1) is 22.6. The van der Waals surface area contributed by atoms with E-state index < -0.39 is 0 Å². The van der Waals surface area contributed by atoms with Crippen LogP contribution in [0.5, 0.6) is 0 Å². The summed E-state index contributed by atoms with van der Waals surface area (Å²) >= 11 is 11.9. The standard InChI is InChI=1S/C24H28Cl2N2O2/c1-15(2)28(3)24(30)18-6-4-16(5-7-18)17-8-11-20(12-9-17)27-23(29)19-10-13-21(25)22(26)14-19/h8-16,18H,4-7H2,1-3H3,(H,27,29)/t16-,18+. The summed E-state index contributed by atoms with van der Waals surface area (Å²) in [5.41, 5.74) is 2.45. The zero-order valence-electron chi connectivity index (χ0n) is 17.6. The molecule has 0 heterocycles. The third-order valence-corrected chi connectivity index (χ3v) is 6.76. The molecule has 2 aromatic rings. The molecule has 0 unspecified atom stereocenters. The van der Waals surface area contributed by atoms with E-state index in [0.717, 1.165) is 31.4 Å². The van der Waals surface area contributed by atoms with Crippen LogP contribution in [0, 0.1) is 5.92 Å². The summed E-state index contributed by atoms with van der Waals surface area (Å²) in [5.74, 6) is 0.634. The van der Waals surface area contributed by atoms with E-state index in [0.29, 0.717) is 21.5 Å². The van der Waals surface area contributed by atoms with Crippen LogP contribution in [0.4, 0.5) is 5.69 Å². The fourth-order valence-electron chi connectivity index (χ4n) is 3.90. The van der Waals surface area contributed by atoms with Crippen molar-refractivity contribution in [3.63, 3.8) is 0 Å². The quantitative estimate of drug-likeness (QED) is 0.578. The van der Waals surface area contributed by atoms with E-state index in [4.69, 9.17) is 23.2 Å². The van der Waals surface area contributed by atoms with Gasteiger partial charge >= 0.3 is 0 Å². The molecule has 1 aliphatic rings. The van der Waals surface area contributed by atoms with Gasteiger partial charge in [-0.3, -0.25) is 9.59 Å². The second-order valence-corrected chi connectivity index (χ2v) is 9.11. The lowest BCUT2D eigenvalue weighted by Crippen LogP contribution is -2.38. The lowest BCUT2D eigenvalue weighted by molar-refractivity contribution is -0.136. The van der Waals surface area contributed by atoms with Crippen LogP contribution in [0.3, 0.4) is 0 Å². The first-order valence-corrected chi connectivity index (χ1v) is 11.1. The zero-order valence-corrected chi connectivity index (χ0v) is 19.1. The maximum absolute atomic E-state index is 12.6. The maximum Gasteiger partial charge on any atom is 0.255 e.